The highest BCUT2D eigenvalue weighted by Gasteiger charge is 2.34. The number of fused-ring (bicyclic) bond motifs is 1. The third kappa shape index (κ3) is 5.09. The number of H-pyrrole nitrogens is 1. The molecule has 0 spiro atoms. The molecule has 2 heterocycles. The number of amides is 2. The predicted molar refractivity (Wildman–Crippen MR) is 133 cm³/mol. The number of aromatic nitrogens is 2. The Labute approximate surface area is 198 Å². The standard InChI is InChI=1S/C27H28N4O3/c1-27(2,3)34-26(33)31(21-10-8-18(9-11-21)19-12-14-29-15-13-19)24(25(28)32)16-20-17-30-23-7-5-4-6-22(20)23/h4-15,17,24,30H,16H2,1-3H3,(H2,28,32)/t24-/m1/s1. The highest BCUT2D eigenvalue weighted by atomic mass is 16.6. The lowest BCUT2D eigenvalue weighted by Crippen LogP contribution is -2.51. The molecule has 0 aliphatic rings. The average Bonchev–Trinajstić information content (AvgIpc) is 3.21. The lowest BCUT2D eigenvalue weighted by molar-refractivity contribution is -0.119. The molecule has 3 N–H and O–H groups in total. The van der Waals surface area contributed by atoms with E-state index in [1.165, 1.54) is 4.90 Å². The van der Waals surface area contributed by atoms with E-state index in [1.54, 1.807) is 45.3 Å². The van der Waals surface area contributed by atoms with Crippen LogP contribution < -0.4 is 10.6 Å². The van der Waals surface area contributed by atoms with Gasteiger partial charge < -0.3 is 15.5 Å². The average molecular weight is 457 g/mol. The van der Waals surface area contributed by atoms with E-state index in [0.717, 1.165) is 27.6 Å². The largest absolute Gasteiger partial charge is 0.443 e. The van der Waals surface area contributed by atoms with Crippen molar-refractivity contribution in [2.45, 2.75) is 38.8 Å². The maximum Gasteiger partial charge on any atom is 0.415 e. The number of nitrogens with two attached hydrogens (primary N) is 1. The number of aromatic amines is 1. The van der Waals surface area contributed by atoms with Crippen molar-refractivity contribution >= 4 is 28.6 Å². The molecule has 174 valence electrons. The molecule has 2 aromatic heterocycles. The maximum absolute atomic E-state index is 13.3. The number of hydrogen-bond acceptors (Lipinski definition) is 4. The number of nitrogens with zero attached hydrogens (tertiary/aromatic N) is 2. The molecule has 0 fully saturated rings. The molecule has 7 heteroatoms. The molecule has 0 saturated heterocycles. The highest BCUT2D eigenvalue weighted by molar-refractivity contribution is 5.98. The Balaban J connectivity index is 1.73. The molecule has 4 rings (SSSR count). The Morgan fingerprint density at radius 1 is 1.00 bits per heavy atom. The summed E-state index contributed by atoms with van der Waals surface area (Å²) in [7, 11) is 0. The van der Waals surface area contributed by atoms with Gasteiger partial charge in [-0.15, -0.1) is 0 Å². The molecule has 0 saturated carbocycles. The lowest BCUT2D eigenvalue weighted by atomic mass is 10.0. The second-order valence-electron chi connectivity index (χ2n) is 9.11. The van der Waals surface area contributed by atoms with E-state index in [-0.39, 0.29) is 6.42 Å². The van der Waals surface area contributed by atoms with Gasteiger partial charge in [0.25, 0.3) is 0 Å². The quantitative estimate of drug-likeness (QED) is 0.423. The minimum Gasteiger partial charge on any atom is -0.443 e. The Kier molecular flexibility index (Phi) is 6.36. The van der Waals surface area contributed by atoms with Gasteiger partial charge in [-0.05, 0) is 67.8 Å². The summed E-state index contributed by atoms with van der Waals surface area (Å²) in [5.74, 6) is -0.616. The van der Waals surface area contributed by atoms with Crippen LogP contribution in [0.3, 0.4) is 0 Å². The number of benzene rings is 2. The number of carbonyl (C=O) groups is 2. The molecular formula is C27H28N4O3. The van der Waals surface area contributed by atoms with E-state index in [4.69, 9.17) is 10.5 Å². The molecule has 0 radical (unpaired) electrons. The first-order valence-corrected chi connectivity index (χ1v) is 11.1. The normalized spacial score (nSPS) is 12.3. The summed E-state index contributed by atoms with van der Waals surface area (Å²) < 4.78 is 5.67. The van der Waals surface area contributed by atoms with E-state index in [0.29, 0.717) is 5.69 Å². The third-order valence-corrected chi connectivity index (χ3v) is 5.48. The van der Waals surface area contributed by atoms with Gasteiger partial charge >= 0.3 is 6.09 Å². The van der Waals surface area contributed by atoms with Gasteiger partial charge in [0.1, 0.15) is 11.6 Å². The van der Waals surface area contributed by atoms with Crippen LogP contribution in [0.1, 0.15) is 26.3 Å². The Bertz CT molecular complexity index is 1290. The van der Waals surface area contributed by atoms with Gasteiger partial charge in [0.2, 0.25) is 5.91 Å². The molecule has 7 nitrogen and oxygen atoms in total. The first-order valence-electron chi connectivity index (χ1n) is 11.1. The number of nitrogens with one attached hydrogen (secondary N) is 1. The van der Waals surface area contributed by atoms with Gasteiger partial charge in [0.15, 0.2) is 0 Å². The van der Waals surface area contributed by atoms with Crippen LogP contribution in [0.2, 0.25) is 0 Å². The summed E-state index contributed by atoms with van der Waals surface area (Å²) in [4.78, 5) is 34.6. The topological polar surface area (TPSA) is 101 Å². The minimum absolute atomic E-state index is 0.241. The predicted octanol–water partition coefficient (Wildman–Crippen LogP) is 5.07. The van der Waals surface area contributed by atoms with Crippen molar-refractivity contribution in [1.29, 1.82) is 0 Å². The summed E-state index contributed by atoms with van der Waals surface area (Å²) in [6, 6.07) is 18.1. The molecule has 0 unspecified atom stereocenters. The molecule has 1 atom stereocenters. The summed E-state index contributed by atoms with van der Waals surface area (Å²) >= 11 is 0. The fourth-order valence-corrected chi connectivity index (χ4v) is 3.91. The molecule has 2 amide bonds. The summed E-state index contributed by atoms with van der Waals surface area (Å²) in [5, 5.41) is 0.978. The highest BCUT2D eigenvalue weighted by Crippen LogP contribution is 2.28. The molecule has 34 heavy (non-hydrogen) atoms. The van der Waals surface area contributed by atoms with Crippen molar-refractivity contribution < 1.29 is 14.3 Å². The van der Waals surface area contributed by atoms with Crippen LogP contribution in [0.5, 0.6) is 0 Å². The van der Waals surface area contributed by atoms with Crippen LogP contribution >= 0.6 is 0 Å². The first kappa shape index (κ1) is 23.0. The van der Waals surface area contributed by atoms with Crippen molar-refractivity contribution in [3.8, 4) is 11.1 Å². The second kappa shape index (κ2) is 9.39. The van der Waals surface area contributed by atoms with Crippen molar-refractivity contribution in [3.05, 3.63) is 84.8 Å². The van der Waals surface area contributed by atoms with Crippen molar-refractivity contribution in [2.24, 2.45) is 5.73 Å². The Morgan fingerprint density at radius 2 is 1.65 bits per heavy atom. The number of para-hydroxylation sites is 1. The number of ether oxygens (including phenoxy) is 1. The Hall–Kier alpha value is -4.13. The van der Waals surface area contributed by atoms with Gasteiger partial charge in [-0.25, -0.2) is 4.79 Å². The van der Waals surface area contributed by atoms with Crippen molar-refractivity contribution in [2.75, 3.05) is 4.90 Å². The second-order valence-corrected chi connectivity index (χ2v) is 9.11. The fraction of sp³-hybridized carbons (Fsp3) is 0.222. The van der Waals surface area contributed by atoms with Crippen molar-refractivity contribution in [3.63, 3.8) is 0 Å². The summed E-state index contributed by atoms with van der Waals surface area (Å²) in [6.45, 7) is 5.36. The number of hydrogen-bond donors (Lipinski definition) is 2. The van der Waals surface area contributed by atoms with Crippen LogP contribution in [0, 0.1) is 0 Å². The molecule has 0 bridgehead atoms. The van der Waals surface area contributed by atoms with E-state index < -0.39 is 23.6 Å². The number of primary amides is 1. The van der Waals surface area contributed by atoms with Crippen LogP contribution in [0.25, 0.3) is 22.0 Å². The monoisotopic (exact) mass is 456 g/mol. The maximum atomic E-state index is 13.3. The summed E-state index contributed by atoms with van der Waals surface area (Å²) in [6.07, 6.45) is 4.90. The van der Waals surface area contributed by atoms with Gasteiger partial charge in [0.05, 0.1) is 0 Å². The minimum atomic E-state index is -0.944. The van der Waals surface area contributed by atoms with Gasteiger partial charge in [-0.1, -0.05) is 30.3 Å². The Morgan fingerprint density at radius 3 is 2.29 bits per heavy atom. The van der Waals surface area contributed by atoms with E-state index >= 15 is 0 Å². The van der Waals surface area contributed by atoms with E-state index in [2.05, 4.69) is 9.97 Å². The van der Waals surface area contributed by atoms with E-state index in [9.17, 15) is 9.59 Å². The third-order valence-electron chi connectivity index (χ3n) is 5.48. The molecule has 0 aliphatic heterocycles. The van der Waals surface area contributed by atoms with Crippen LogP contribution in [0.4, 0.5) is 10.5 Å². The SMILES string of the molecule is CC(C)(C)OC(=O)N(c1ccc(-c2ccncc2)cc1)[C@H](Cc1c[nH]c2ccccc12)C(N)=O. The lowest BCUT2D eigenvalue weighted by Gasteiger charge is -2.32. The number of anilines is 1. The number of pyridine rings is 1. The molecular weight excluding hydrogens is 428 g/mol. The van der Waals surface area contributed by atoms with Crippen molar-refractivity contribution in [1.82, 2.24) is 9.97 Å². The fourth-order valence-electron chi connectivity index (χ4n) is 3.91. The van der Waals surface area contributed by atoms with Gasteiger partial charge in [-0.2, -0.15) is 0 Å². The van der Waals surface area contributed by atoms with Gasteiger partial charge in [0, 0.05) is 41.6 Å². The zero-order valence-corrected chi connectivity index (χ0v) is 19.5. The van der Waals surface area contributed by atoms with Crippen LogP contribution in [-0.4, -0.2) is 33.6 Å². The molecule has 2 aromatic carbocycles. The number of rotatable bonds is 6. The van der Waals surface area contributed by atoms with Crippen LogP contribution in [-0.2, 0) is 16.0 Å². The first-order chi connectivity index (χ1) is 16.2. The zero-order valence-electron chi connectivity index (χ0n) is 19.5. The van der Waals surface area contributed by atoms with Gasteiger partial charge in [-0.3, -0.25) is 14.7 Å². The zero-order chi connectivity index (χ0) is 24.3. The smallest absolute Gasteiger partial charge is 0.415 e. The molecule has 4 aromatic rings. The molecule has 0 aliphatic carbocycles. The number of carbonyl (C=O) groups excluding carboxylic acids is 2. The van der Waals surface area contributed by atoms with E-state index in [1.807, 2.05) is 54.7 Å². The summed E-state index contributed by atoms with van der Waals surface area (Å²) in [5.41, 5.74) is 9.43. The van der Waals surface area contributed by atoms with Crippen LogP contribution in [0.15, 0.2) is 79.3 Å².